The summed E-state index contributed by atoms with van der Waals surface area (Å²) in [5.74, 6) is 1.42. The molecule has 118 valence electrons. The minimum Gasteiger partial charge on any atom is -0.316 e. The molecule has 0 radical (unpaired) electrons. The van der Waals surface area contributed by atoms with Gasteiger partial charge < -0.3 is 5.32 Å². The molecule has 1 aliphatic carbocycles. The molecule has 4 nitrogen and oxygen atoms in total. The Kier molecular flexibility index (Phi) is 4.50. The molecule has 5 heteroatoms. The monoisotopic (exact) mass is 319 g/mol. The molecular weight excluding hydrogens is 298 g/mol. The maximum atomic E-state index is 13.0. The lowest BCUT2D eigenvalue weighted by molar-refractivity contribution is -0.140. The Bertz CT molecular complexity index is 546. The summed E-state index contributed by atoms with van der Waals surface area (Å²) < 4.78 is 0. The molecule has 2 fully saturated rings. The molecule has 22 heavy (non-hydrogen) atoms. The maximum Gasteiger partial charge on any atom is 0.247 e. The Balaban J connectivity index is 0.00000144. The summed E-state index contributed by atoms with van der Waals surface area (Å²) in [5.41, 5.74) is 1.18. The van der Waals surface area contributed by atoms with Gasteiger partial charge in [0, 0.05) is 18.6 Å². The van der Waals surface area contributed by atoms with Crippen molar-refractivity contribution in [2.75, 3.05) is 13.1 Å². The van der Waals surface area contributed by atoms with Crippen LogP contribution in [-0.4, -0.2) is 30.2 Å². The van der Waals surface area contributed by atoms with Gasteiger partial charge in [0.15, 0.2) is 0 Å². The lowest BCUT2D eigenvalue weighted by atomic mass is 9.85. The van der Waals surface area contributed by atoms with Crippen molar-refractivity contribution in [3.8, 4) is 0 Å². The van der Waals surface area contributed by atoms with Crippen LogP contribution in [-0.2, 0) is 4.79 Å². The summed E-state index contributed by atoms with van der Waals surface area (Å²) in [7, 11) is 0. The second-order valence-electron chi connectivity index (χ2n) is 6.42. The smallest absolute Gasteiger partial charge is 0.247 e. The number of nitrogens with one attached hydrogen (secondary N) is 1. The first kappa shape index (κ1) is 15.5. The van der Waals surface area contributed by atoms with Gasteiger partial charge in [0.05, 0.1) is 6.04 Å². The highest BCUT2D eigenvalue weighted by Gasteiger charge is 2.46. The first-order valence-electron chi connectivity index (χ1n) is 7.96. The van der Waals surface area contributed by atoms with E-state index in [4.69, 9.17) is 0 Å². The Morgan fingerprint density at radius 2 is 1.82 bits per heavy atom. The van der Waals surface area contributed by atoms with Crippen LogP contribution < -0.4 is 5.32 Å². The first-order valence-corrected chi connectivity index (χ1v) is 7.96. The van der Waals surface area contributed by atoms with E-state index in [1.165, 1.54) is 18.4 Å². The van der Waals surface area contributed by atoms with Crippen LogP contribution in [0, 0.1) is 17.8 Å². The minimum absolute atomic E-state index is 0. The zero-order valence-electron chi connectivity index (χ0n) is 12.5. The van der Waals surface area contributed by atoms with Crippen LogP contribution in [0.25, 0.3) is 0 Å². The number of hydrogen-bond acceptors (Lipinski definition) is 3. The topological polar surface area (TPSA) is 44.7 Å². The number of amides is 1. The molecule has 1 aromatic rings. The van der Waals surface area contributed by atoms with Crippen molar-refractivity contribution in [3.63, 3.8) is 0 Å². The van der Waals surface area contributed by atoms with E-state index < -0.39 is 0 Å². The van der Waals surface area contributed by atoms with Crippen LogP contribution in [0.4, 0.5) is 0 Å². The summed E-state index contributed by atoms with van der Waals surface area (Å²) in [6.45, 7) is 1.97. The number of benzene rings is 1. The summed E-state index contributed by atoms with van der Waals surface area (Å²) in [6, 6.07) is 10.4. The van der Waals surface area contributed by atoms with Gasteiger partial charge in [-0.1, -0.05) is 30.3 Å². The van der Waals surface area contributed by atoms with E-state index in [0.717, 1.165) is 19.5 Å². The fourth-order valence-corrected chi connectivity index (χ4v) is 4.22. The Morgan fingerprint density at radius 3 is 2.50 bits per heavy atom. The average molecular weight is 320 g/mol. The van der Waals surface area contributed by atoms with Gasteiger partial charge in [-0.2, -0.15) is 5.10 Å². The number of hydrazone groups is 1. The van der Waals surface area contributed by atoms with Crippen LogP contribution in [0.2, 0.25) is 0 Å². The third-order valence-electron chi connectivity index (χ3n) is 5.26. The molecule has 2 bridgehead atoms. The van der Waals surface area contributed by atoms with Gasteiger partial charge in [-0.3, -0.25) is 4.79 Å². The average Bonchev–Trinajstić information content (AvgIpc) is 3.11. The SMILES string of the molecule is Cl.O=C(C1C2CCC1CNC2)N1N=CCC1c1ccccc1. The molecule has 3 unspecified atom stereocenters. The zero-order chi connectivity index (χ0) is 14.2. The van der Waals surface area contributed by atoms with E-state index in [0.29, 0.717) is 11.8 Å². The lowest BCUT2D eigenvalue weighted by Crippen LogP contribution is -2.46. The number of hydrogen-bond donors (Lipinski definition) is 1. The van der Waals surface area contributed by atoms with Gasteiger partial charge in [-0.05, 0) is 43.3 Å². The summed E-state index contributed by atoms with van der Waals surface area (Å²) >= 11 is 0. The van der Waals surface area contributed by atoms with E-state index in [2.05, 4.69) is 22.6 Å². The number of carbonyl (C=O) groups is 1. The number of fused-ring (bicyclic) bond motifs is 2. The van der Waals surface area contributed by atoms with Gasteiger partial charge in [0.25, 0.3) is 0 Å². The van der Waals surface area contributed by atoms with Crippen LogP contribution >= 0.6 is 12.4 Å². The molecule has 4 rings (SSSR count). The fourth-order valence-electron chi connectivity index (χ4n) is 4.22. The van der Waals surface area contributed by atoms with Crippen LogP contribution in [0.5, 0.6) is 0 Å². The van der Waals surface area contributed by atoms with Crippen molar-refractivity contribution in [3.05, 3.63) is 35.9 Å². The normalized spacial score (nSPS) is 32.8. The van der Waals surface area contributed by atoms with Crippen LogP contribution in [0.1, 0.15) is 30.9 Å². The molecule has 1 N–H and O–H groups in total. The Morgan fingerprint density at radius 1 is 1.14 bits per heavy atom. The number of piperidine rings is 1. The second-order valence-corrected chi connectivity index (χ2v) is 6.42. The number of carbonyl (C=O) groups excluding carboxylic acids is 1. The van der Waals surface area contributed by atoms with Gasteiger partial charge in [0.1, 0.15) is 0 Å². The highest BCUT2D eigenvalue weighted by molar-refractivity contribution is 5.85. The minimum atomic E-state index is 0. The molecule has 2 heterocycles. The van der Waals surface area contributed by atoms with Crippen molar-refractivity contribution in [2.24, 2.45) is 22.9 Å². The summed E-state index contributed by atoms with van der Waals surface area (Å²) in [6.07, 6.45) is 5.08. The van der Waals surface area contributed by atoms with E-state index in [-0.39, 0.29) is 30.3 Å². The van der Waals surface area contributed by atoms with Crippen molar-refractivity contribution in [1.29, 1.82) is 0 Å². The van der Waals surface area contributed by atoms with Gasteiger partial charge in [-0.25, -0.2) is 5.01 Å². The summed E-state index contributed by atoms with van der Waals surface area (Å²) in [4.78, 5) is 13.0. The molecule has 0 spiro atoms. The molecule has 1 saturated carbocycles. The van der Waals surface area contributed by atoms with E-state index in [1.807, 2.05) is 24.4 Å². The molecule has 2 aliphatic heterocycles. The molecule has 3 aliphatic rings. The summed E-state index contributed by atoms with van der Waals surface area (Å²) in [5, 5.41) is 9.62. The Labute approximate surface area is 137 Å². The number of rotatable bonds is 2. The lowest BCUT2D eigenvalue weighted by Gasteiger charge is -2.33. The predicted octanol–water partition coefficient (Wildman–Crippen LogP) is 2.61. The number of halogens is 1. The van der Waals surface area contributed by atoms with Crippen molar-refractivity contribution in [1.82, 2.24) is 10.3 Å². The number of nitrogens with zero attached hydrogens (tertiary/aromatic N) is 2. The largest absolute Gasteiger partial charge is 0.316 e. The van der Waals surface area contributed by atoms with Gasteiger partial charge in [-0.15, -0.1) is 12.4 Å². The molecule has 3 atom stereocenters. The van der Waals surface area contributed by atoms with Crippen LogP contribution in [0.3, 0.4) is 0 Å². The van der Waals surface area contributed by atoms with Gasteiger partial charge >= 0.3 is 0 Å². The molecule has 1 amide bonds. The highest BCUT2D eigenvalue weighted by atomic mass is 35.5. The maximum absolute atomic E-state index is 13.0. The third kappa shape index (κ3) is 2.55. The van der Waals surface area contributed by atoms with Crippen molar-refractivity contribution >= 4 is 24.5 Å². The van der Waals surface area contributed by atoms with Crippen molar-refractivity contribution in [2.45, 2.75) is 25.3 Å². The van der Waals surface area contributed by atoms with E-state index in [1.54, 1.807) is 5.01 Å². The fraction of sp³-hybridized carbons (Fsp3) is 0.529. The molecule has 1 aromatic carbocycles. The first-order chi connectivity index (χ1) is 10.3. The zero-order valence-corrected chi connectivity index (χ0v) is 13.3. The third-order valence-corrected chi connectivity index (χ3v) is 5.26. The molecule has 1 saturated heterocycles. The molecule has 0 aromatic heterocycles. The van der Waals surface area contributed by atoms with Gasteiger partial charge in [0.2, 0.25) is 5.91 Å². The highest BCUT2D eigenvalue weighted by Crippen LogP contribution is 2.42. The van der Waals surface area contributed by atoms with E-state index >= 15 is 0 Å². The quantitative estimate of drug-likeness (QED) is 0.910. The predicted molar refractivity (Wildman–Crippen MR) is 89.0 cm³/mol. The molecular formula is C17H22ClN3O. The van der Waals surface area contributed by atoms with Crippen LogP contribution in [0.15, 0.2) is 35.4 Å². The Hall–Kier alpha value is -1.39. The standard InChI is InChI=1S/C17H21N3O.ClH/c21-17(16-13-6-7-14(16)11-18-10-13)20-15(8-9-19-20)12-4-2-1-3-5-12;/h1-5,9,13-16,18H,6-8,10-11H2;1H. The second kappa shape index (κ2) is 6.39. The van der Waals surface area contributed by atoms with E-state index in [9.17, 15) is 4.79 Å². The van der Waals surface area contributed by atoms with Crippen molar-refractivity contribution < 1.29 is 4.79 Å².